The van der Waals surface area contributed by atoms with Gasteiger partial charge >= 0.3 is 0 Å². The van der Waals surface area contributed by atoms with Crippen molar-refractivity contribution in [2.24, 2.45) is 0 Å². The first-order valence-electron chi connectivity index (χ1n) is 11.7. The number of amides is 1. The summed E-state index contributed by atoms with van der Waals surface area (Å²) in [7, 11) is 1.44. The summed E-state index contributed by atoms with van der Waals surface area (Å²) in [4.78, 5) is 29.9. The first kappa shape index (κ1) is 24.9. The molecule has 0 aliphatic carbocycles. The third kappa shape index (κ3) is 5.04. The number of ether oxygens (including phenoxy) is 1. The molecule has 0 spiro atoms. The molecule has 1 fully saturated rings. The Bertz CT molecular complexity index is 1480. The van der Waals surface area contributed by atoms with Gasteiger partial charge < -0.3 is 24.7 Å². The fraction of sp³-hybridized carbons (Fsp3) is 0.148. The van der Waals surface area contributed by atoms with Gasteiger partial charge in [0.25, 0.3) is 5.69 Å². The van der Waals surface area contributed by atoms with Crippen LogP contribution < -0.4 is 15.4 Å². The first-order valence-corrected chi connectivity index (χ1v) is 12.1. The molecule has 1 aliphatic heterocycles. The maximum absolute atomic E-state index is 13.0. The molecule has 1 aliphatic rings. The highest BCUT2D eigenvalue weighted by Gasteiger charge is 2.42. The summed E-state index contributed by atoms with van der Waals surface area (Å²) >= 11 is 5.64. The van der Waals surface area contributed by atoms with Crippen molar-refractivity contribution in [3.63, 3.8) is 0 Å². The second-order valence-corrected chi connectivity index (χ2v) is 8.90. The lowest BCUT2D eigenvalue weighted by molar-refractivity contribution is -0.384. The maximum atomic E-state index is 13.0. The molecule has 1 amide bonds. The van der Waals surface area contributed by atoms with Crippen LogP contribution >= 0.6 is 12.2 Å². The Morgan fingerprint density at radius 2 is 1.95 bits per heavy atom. The van der Waals surface area contributed by atoms with Crippen LogP contribution in [0, 0.1) is 10.1 Å². The number of hydrogen-bond acceptors (Lipinski definition) is 7. The molecule has 0 saturated carbocycles. The molecule has 0 bridgehead atoms. The lowest BCUT2D eigenvalue weighted by Crippen LogP contribution is -2.36. The number of nitro groups is 1. The number of furan rings is 1. The molecule has 2 aromatic carbocycles. The molecule has 5 rings (SSSR count). The molecule has 38 heavy (non-hydrogen) atoms. The molecule has 0 radical (unpaired) electrons. The molecule has 10 nitrogen and oxygen atoms in total. The monoisotopic (exact) mass is 529 g/mol. The molecule has 2 N–H and O–H groups in total. The highest BCUT2D eigenvalue weighted by molar-refractivity contribution is 7.80. The number of carbonyl (C=O) groups is 1. The van der Waals surface area contributed by atoms with Crippen molar-refractivity contribution in [1.29, 1.82) is 0 Å². The number of benzene rings is 2. The molecule has 3 heterocycles. The van der Waals surface area contributed by atoms with E-state index in [9.17, 15) is 14.9 Å². The highest BCUT2D eigenvalue weighted by atomic mass is 32.1. The largest absolute Gasteiger partial charge is 0.496 e. The van der Waals surface area contributed by atoms with E-state index in [0.29, 0.717) is 33.6 Å². The second kappa shape index (κ2) is 10.7. The van der Waals surface area contributed by atoms with Crippen molar-refractivity contribution in [1.82, 2.24) is 15.2 Å². The molecule has 11 heteroatoms. The fourth-order valence-corrected chi connectivity index (χ4v) is 4.72. The van der Waals surface area contributed by atoms with E-state index in [0.717, 1.165) is 5.69 Å². The number of rotatable bonds is 8. The van der Waals surface area contributed by atoms with E-state index in [-0.39, 0.29) is 24.2 Å². The maximum Gasteiger partial charge on any atom is 0.273 e. The zero-order chi connectivity index (χ0) is 26.6. The molecule has 1 saturated heterocycles. The smallest absolute Gasteiger partial charge is 0.273 e. The molecule has 2 atom stereocenters. The van der Waals surface area contributed by atoms with Crippen molar-refractivity contribution >= 4 is 34.6 Å². The molecule has 2 aromatic heterocycles. The van der Waals surface area contributed by atoms with Crippen LogP contribution in [-0.4, -0.2) is 39.5 Å². The third-order valence-corrected chi connectivity index (χ3v) is 6.50. The van der Waals surface area contributed by atoms with Crippen LogP contribution in [0.5, 0.6) is 5.75 Å². The zero-order valence-electron chi connectivity index (χ0n) is 20.2. The van der Waals surface area contributed by atoms with Crippen LogP contribution in [-0.2, 0) is 4.79 Å². The lowest BCUT2D eigenvalue weighted by atomic mass is 10.0. The normalized spacial score (nSPS) is 16.7. The van der Waals surface area contributed by atoms with Gasteiger partial charge in [0.2, 0.25) is 5.91 Å². The van der Waals surface area contributed by atoms with Gasteiger partial charge in [-0.15, -0.1) is 0 Å². The van der Waals surface area contributed by atoms with Gasteiger partial charge in [0, 0.05) is 18.0 Å². The Hall–Kier alpha value is -4.77. The van der Waals surface area contributed by atoms with Gasteiger partial charge in [-0.3, -0.25) is 19.9 Å². The number of nitrogens with zero attached hydrogens (tertiary/aromatic N) is 3. The van der Waals surface area contributed by atoms with E-state index in [1.807, 2.05) is 48.5 Å². The molecular weight excluding hydrogens is 506 g/mol. The lowest BCUT2D eigenvalue weighted by Gasteiger charge is -2.25. The minimum absolute atomic E-state index is 0.0222. The topological polar surface area (TPSA) is 123 Å². The summed E-state index contributed by atoms with van der Waals surface area (Å²) in [5.41, 5.74) is 1.88. The predicted molar refractivity (Wildman–Crippen MR) is 145 cm³/mol. The number of nitrogens with one attached hydrogen (secondary N) is 2. The Labute approximate surface area is 223 Å². The Balaban J connectivity index is 1.48. The average molecular weight is 530 g/mol. The summed E-state index contributed by atoms with van der Waals surface area (Å²) in [6.07, 6.45) is 1.69. The van der Waals surface area contributed by atoms with Gasteiger partial charge in [-0.25, -0.2) is 0 Å². The van der Waals surface area contributed by atoms with E-state index in [1.165, 1.54) is 19.2 Å². The quantitative estimate of drug-likeness (QED) is 0.187. The number of hydrogen-bond donors (Lipinski definition) is 2. The summed E-state index contributed by atoms with van der Waals surface area (Å²) in [5, 5.41) is 17.8. The van der Waals surface area contributed by atoms with Crippen molar-refractivity contribution in [2.75, 3.05) is 19.0 Å². The van der Waals surface area contributed by atoms with Crippen molar-refractivity contribution in [3.8, 4) is 17.1 Å². The van der Waals surface area contributed by atoms with Crippen molar-refractivity contribution < 1.29 is 18.9 Å². The van der Waals surface area contributed by atoms with Gasteiger partial charge in [0.1, 0.15) is 29.9 Å². The number of anilines is 1. The van der Waals surface area contributed by atoms with E-state index in [4.69, 9.17) is 21.4 Å². The third-order valence-electron chi connectivity index (χ3n) is 6.15. The number of carbonyl (C=O) groups excluding carboxylic acids is 1. The number of pyridine rings is 1. The van der Waals surface area contributed by atoms with E-state index >= 15 is 0 Å². The van der Waals surface area contributed by atoms with Gasteiger partial charge in [-0.2, -0.15) is 0 Å². The highest BCUT2D eigenvalue weighted by Crippen LogP contribution is 2.42. The second-order valence-electron chi connectivity index (χ2n) is 8.51. The minimum Gasteiger partial charge on any atom is -0.496 e. The number of nitro benzene ring substituents is 1. The molecule has 192 valence electrons. The van der Waals surface area contributed by atoms with Gasteiger partial charge in [0.15, 0.2) is 5.11 Å². The predicted octanol–water partition coefficient (Wildman–Crippen LogP) is 4.87. The average Bonchev–Trinajstić information content (AvgIpc) is 3.54. The van der Waals surface area contributed by atoms with Crippen LogP contribution in [0.3, 0.4) is 0 Å². The Morgan fingerprint density at radius 1 is 1.16 bits per heavy atom. The van der Waals surface area contributed by atoms with Gasteiger partial charge in [0.05, 0.1) is 35.4 Å². The van der Waals surface area contributed by atoms with Crippen LogP contribution in [0.4, 0.5) is 11.4 Å². The van der Waals surface area contributed by atoms with Crippen LogP contribution in [0.25, 0.3) is 11.3 Å². The van der Waals surface area contributed by atoms with Crippen molar-refractivity contribution in [2.45, 2.75) is 12.1 Å². The standard InChI is InChI=1S/C27H23N5O5S/c1-36-23-15-18(32(34)35)10-11-19(23)21-12-13-22(37-21)26-25(20-9-5-6-14-28-20)30-27(38)31(26)16-24(33)29-17-7-3-2-4-8-17/h2-15,25-26H,16H2,1H3,(H,29,33)(H,30,38). The van der Waals surface area contributed by atoms with E-state index in [1.54, 1.807) is 29.3 Å². The minimum atomic E-state index is -0.489. The summed E-state index contributed by atoms with van der Waals surface area (Å²) in [6, 6.07) is 21.8. The number of aromatic nitrogens is 1. The number of methoxy groups -OCH3 is 1. The van der Waals surface area contributed by atoms with Gasteiger partial charge in [-0.05, 0) is 54.7 Å². The molecule has 4 aromatic rings. The molecule has 2 unspecified atom stereocenters. The summed E-state index contributed by atoms with van der Waals surface area (Å²) in [5.74, 6) is 1.06. The Morgan fingerprint density at radius 3 is 2.66 bits per heavy atom. The SMILES string of the molecule is COc1cc([N+](=O)[O-])ccc1-c1ccc(C2C(c3ccccn3)NC(=S)N2CC(=O)Nc2ccccc2)o1. The van der Waals surface area contributed by atoms with E-state index < -0.39 is 11.0 Å². The Kier molecular flexibility index (Phi) is 7.00. The van der Waals surface area contributed by atoms with Crippen LogP contribution in [0.2, 0.25) is 0 Å². The number of para-hydroxylation sites is 1. The number of thiocarbonyl (C=S) groups is 1. The first-order chi connectivity index (χ1) is 18.4. The van der Waals surface area contributed by atoms with E-state index in [2.05, 4.69) is 15.6 Å². The van der Waals surface area contributed by atoms with Crippen LogP contribution in [0.15, 0.2) is 89.5 Å². The van der Waals surface area contributed by atoms with Crippen molar-refractivity contribution in [3.05, 3.63) is 107 Å². The summed E-state index contributed by atoms with van der Waals surface area (Å²) < 4.78 is 11.7. The van der Waals surface area contributed by atoms with Gasteiger partial charge in [-0.1, -0.05) is 24.3 Å². The fourth-order valence-electron chi connectivity index (χ4n) is 4.42. The van der Waals surface area contributed by atoms with Crippen LogP contribution in [0.1, 0.15) is 23.5 Å². The number of non-ortho nitro benzene ring substituents is 1. The zero-order valence-corrected chi connectivity index (χ0v) is 21.1. The summed E-state index contributed by atoms with van der Waals surface area (Å²) in [6.45, 7) is -0.0222. The molecular formula is C27H23N5O5S.